The number of hydrogen-bond donors (Lipinski definition) is 1. The van der Waals surface area contributed by atoms with Crippen molar-refractivity contribution in [3.05, 3.63) is 64.0 Å². The molecule has 3 rings (SSSR count). The van der Waals surface area contributed by atoms with E-state index in [2.05, 4.69) is 9.71 Å². The fourth-order valence-electron chi connectivity index (χ4n) is 2.37. The monoisotopic (exact) mass is 358 g/mol. The van der Waals surface area contributed by atoms with E-state index in [0.29, 0.717) is 5.69 Å². The number of aromatic nitrogens is 1. The first-order valence-corrected chi connectivity index (χ1v) is 9.85. The molecule has 0 saturated carbocycles. The molecule has 1 heterocycles. The Bertz CT molecular complexity index is 992. The maximum Gasteiger partial charge on any atom is 0.261 e. The summed E-state index contributed by atoms with van der Waals surface area (Å²) in [7, 11) is -3.65. The van der Waals surface area contributed by atoms with Crippen molar-refractivity contribution < 1.29 is 8.42 Å². The summed E-state index contributed by atoms with van der Waals surface area (Å²) in [6.45, 7) is 5.79. The molecule has 24 heavy (non-hydrogen) atoms. The molecule has 0 aliphatic rings. The largest absolute Gasteiger partial charge is 0.279 e. The number of aryl methyl sites for hydroxylation is 3. The standard InChI is InChI=1S/C18H18N2O2S2/c1-12-8-9-15(10-13(12)2)24(21,22)20-17-7-5-4-6-16(17)18-11-23-14(3)19-18/h4-11,20H,1-3H3. The number of hydrogen-bond acceptors (Lipinski definition) is 4. The van der Waals surface area contributed by atoms with Crippen molar-refractivity contribution in [1.82, 2.24) is 4.98 Å². The van der Waals surface area contributed by atoms with Gasteiger partial charge in [0.1, 0.15) is 0 Å². The van der Waals surface area contributed by atoms with Gasteiger partial charge in [-0.2, -0.15) is 0 Å². The molecule has 0 unspecified atom stereocenters. The van der Waals surface area contributed by atoms with Gasteiger partial charge in [0.25, 0.3) is 10.0 Å². The average molecular weight is 358 g/mol. The summed E-state index contributed by atoms with van der Waals surface area (Å²) in [5.74, 6) is 0. The molecule has 6 heteroatoms. The van der Waals surface area contributed by atoms with Gasteiger partial charge in [-0.25, -0.2) is 13.4 Å². The molecule has 0 bridgehead atoms. The van der Waals surface area contributed by atoms with Crippen LogP contribution in [0, 0.1) is 20.8 Å². The summed E-state index contributed by atoms with van der Waals surface area (Å²) in [6.07, 6.45) is 0. The highest BCUT2D eigenvalue weighted by atomic mass is 32.2. The molecule has 1 N–H and O–H groups in total. The van der Waals surface area contributed by atoms with Crippen LogP contribution in [0.15, 0.2) is 52.7 Å². The van der Waals surface area contributed by atoms with Crippen molar-refractivity contribution in [3.8, 4) is 11.3 Å². The van der Waals surface area contributed by atoms with Crippen LogP contribution in [0.3, 0.4) is 0 Å². The molecule has 0 saturated heterocycles. The molecular weight excluding hydrogens is 340 g/mol. The normalized spacial score (nSPS) is 11.5. The Balaban J connectivity index is 2.00. The van der Waals surface area contributed by atoms with Gasteiger partial charge in [0.2, 0.25) is 0 Å². The minimum atomic E-state index is -3.65. The van der Waals surface area contributed by atoms with E-state index in [1.165, 1.54) is 11.3 Å². The maximum atomic E-state index is 12.7. The highest BCUT2D eigenvalue weighted by Crippen LogP contribution is 2.30. The quantitative estimate of drug-likeness (QED) is 0.745. The van der Waals surface area contributed by atoms with E-state index < -0.39 is 10.0 Å². The molecule has 1 aromatic heterocycles. The zero-order valence-corrected chi connectivity index (χ0v) is 15.3. The highest BCUT2D eigenvalue weighted by molar-refractivity contribution is 7.92. The van der Waals surface area contributed by atoms with Crippen LogP contribution in [0.1, 0.15) is 16.1 Å². The summed E-state index contributed by atoms with van der Waals surface area (Å²) in [6, 6.07) is 12.4. The topological polar surface area (TPSA) is 59.1 Å². The number of benzene rings is 2. The van der Waals surface area contributed by atoms with Crippen molar-refractivity contribution in [2.45, 2.75) is 25.7 Å². The summed E-state index contributed by atoms with van der Waals surface area (Å²) in [4.78, 5) is 4.71. The molecule has 0 fully saturated rings. The first-order chi connectivity index (χ1) is 11.4. The third-order valence-corrected chi connectivity index (χ3v) is 5.99. The summed E-state index contributed by atoms with van der Waals surface area (Å²) in [5, 5.41) is 2.87. The minimum absolute atomic E-state index is 0.259. The van der Waals surface area contributed by atoms with Crippen LogP contribution in [0.25, 0.3) is 11.3 Å². The lowest BCUT2D eigenvalue weighted by atomic mass is 10.1. The second-order valence-electron chi connectivity index (χ2n) is 5.65. The van der Waals surface area contributed by atoms with Crippen LogP contribution >= 0.6 is 11.3 Å². The second kappa shape index (κ2) is 6.37. The van der Waals surface area contributed by atoms with Crippen molar-refractivity contribution in [2.24, 2.45) is 0 Å². The zero-order chi connectivity index (χ0) is 17.3. The number of nitrogens with one attached hydrogen (secondary N) is 1. The Hall–Kier alpha value is -2.18. The Labute approximate surface area is 146 Å². The van der Waals surface area contributed by atoms with E-state index in [0.717, 1.165) is 27.4 Å². The van der Waals surface area contributed by atoms with Crippen LogP contribution in [0.5, 0.6) is 0 Å². The summed E-state index contributed by atoms with van der Waals surface area (Å²) >= 11 is 1.54. The number of nitrogens with zero attached hydrogens (tertiary/aromatic N) is 1. The predicted molar refractivity (Wildman–Crippen MR) is 99.0 cm³/mol. The van der Waals surface area contributed by atoms with Gasteiger partial charge >= 0.3 is 0 Å². The van der Waals surface area contributed by atoms with Crippen LogP contribution in [-0.4, -0.2) is 13.4 Å². The van der Waals surface area contributed by atoms with Crippen molar-refractivity contribution in [1.29, 1.82) is 0 Å². The van der Waals surface area contributed by atoms with Gasteiger partial charge in [-0.1, -0.05) is 24.3 Å². The maximum absolute atomic E-state index is 12.7. The van der Waals surface area contributed by atoms with Gasteiger partial charge in [-0.3, -0.25) is 4.72 Å². The van der Waals surface area contributed by atoms with E-state index in [9.17, 15) is 8.42 Å². The molecule has 4 nitrogen and oxygen atoms in total. The molecule has 0 spiro atoms. The van der Waals surface area contributed by atoms with Crippen molar-refractivity contribution in [2.75, 3.05) is 4.72 Å². The SMILES string of the molecule is Cc1nc(-c2ccccc2NS(=O)(=O)c2ccc(C)c(C)c2)cs1. The van der Waals surface area contributed by atoms with Gasteiger partial charge in [0, 0.05) is 10.9 Å². The molecular formula is C18H18N2O2S2. The van der Waals surface area contributed by atoms with Crippen molar-refractivity contribution >= 4 is 27.0 Å². The van der Waals surface area contributed by atoms with Gasteiger partial charge in [-0.15, -0.1) is 11.3 Å². The molecule has 0 amide bonds. The third-order valence-electron chi connectivity index (χ3n) is 3.86. The molecule has 2 aromatic carbocycles. The molecule has 0 atom stereocenters. The number of anilines is 1. The molecule has 0 aliphatic heterocycles. The third kappa shape index (κ3) is 3.34. The van der Waals surface area contributed by atoms with Crippen LogP contribution in [0.4, 0.5) is 5.69 Å². The van der Waals surface area contributed by atoms with E-state index in [1.807, 2.05) is 44.4 Å². The first kappa shape index (κ1) is 16.7. The van der Waals surface area contributed by atoms with Crippen molar-refractivity contribution in [3.63, 3.8) is 0 Å². The number of sulfonamides is 1. The van der Waals surface area contributed by atoms with Gasteiger partial charge in [-0.05, 0) is 50.1 Å². The molecule has 124 valence electrons. The van der Waals surface area contributed by atoms with Crippen LogP contribution in [-0.2, 0) is 10.0 Å². The van der Waals surface area contributed by atoms with E-state index in [-0.39, 0.29) is 4.90 Å². The van der Waals surface area contributed by atoms with Gasteiger partial charge in [0.15, 0.2) is 0 Å². The van der Waals surface area contributed by atoms with E-state index in [1.54, 1.807) is 24.3 Å². The fraction of sp³-hybridized carbons (Fsp3) is 0.167. The Morgan fingerprint density at radius 2 is 1.75 bits per heavy atom. The lowest BCUT2D eigenvalue weighted by molar-refractivity contribution is 0.601. The second-order valence-corrected chi connectivity index (χ2v) is 8.39. The average Bonchev–Trinajstić information content (AvgIpc) is 2.96. The predicted octanol–water partition coefficient (Wildman–Crippen LogP) is 4.54. The Morgan fingerprint density at radius 1 is 1.00 bits per heavy atom. The Morgan fingerprint density at radius 3 is 2.42 bits per heavy atom. The van der Waals surface area contributed by atoms with E-state index in [4.69, 9.17) is 0 Å². The molecule has 0 radical (unpaired) electrons. The van der Waals surface area contributed by atoms with E-state index >= 15 is 0 Å². The lowest BCUT2D eigenvalue weighted by Gasteiger charge is -2.12. The smallest absolute Gasteiger partial charge is 0.261 e. The molecule has 0 aliphatic carbocycles. The number of thiazole rings is 1. The molecule has 3 aromatic rings. The number of para-hydroxylation sites is 1. The van der Waals surface area contributed by atoms with Crippen LogP contribution in [0.2, 0.25) is 0 Å². The first-order valence-electron chi connectivity index (χ1n) is 7.48. The number of rotatable bonds is 4. The lowest BCUT2D eigenvalue weighted by Crippen LogP contribution is -2.14. The van der Waals surface area contributed by atoms with Gasteiger partial charge < -0.3 is 0 Å². The Kier molecular flexibility index (Phi) is 4.43. The van der Waals surface area contributed by atoms with Gasteiger partial charge in [0.05, 0.1) is 21.3 Å². The summed E-state index contributed by atoms with van der Waals surface area (Å²) in [5.41, 5.74) is 4.08. The summed E-state index contributed by atoms with van der Waals surface area (Å²) < 4.78 is 28.1. The van der Waals surface area contributed by atoms with Crippen LogP contribution < -0.4 is 4.72 Å². The fourth-order valence-corrected chi connectivity index (χ4v) is 4.14. The minimum Gasteiger partial charge on any atom is -0.279 e. The highest BCUT2D eigenvalue weighted by Gasteiger charge is 2.17. The zero-order valence-electron chi connectivity index (χ0n) is 13.7.